The molecular formula is C23H44N8O7. The SMILES string of the molecule is CC(C)C[C@H](NC(=O)[C@H](N)CCC(=O)O)C(=O)N[C@@H](CCCNC(=N)N)C(=O)N[C@H](CCCCN)C(=O)O. The lowest BCUT2D eigenvalue weighted by molar-refractivity contribution is -0.142. The van der Waals surface area contributed by atoms with Gasteiger partial charge >= 0.3 is 11.9 Å². The van der Waals surface area contributed by atoms with Gasteiger partial charge in [-0.05, 0) is 57.4 Å². The van der Waals surface area contributed by atoms with Gasteiger partial charge in [0, 0.05) is 13.0 Å². The van der Waals surface area contributed by atoms with E-state index in [-0.39, 0.29) is 50.5 Å². The molecule has 0 aliphatic carbocycles. The Labute approximate surface area is 222 Å². The standard InChI is InChI=1S/C23H44N8O7/c1-13(2)12-17(31-19(34)14(25)8-9-18(32)33)21(36)29-15(7-5-11-28-23(26)27)20(35)30-16(22(37)38)6-3-4-10-24/h13-17H,3-12,24-25H2,1-2H3,(H,29,36)(H,30,35)(H,31,34)(H,32,33)(H,37,38)(H4,26,27,28)/t14-,15+,16-,17+/m1/s1. The molecule has 0 aromatic carbocycles. The highest BCUT2D eigenvalue weighted by Gasteiger charge is 2.30. The number of amides is 3. The lowest BCUT2D eigenvalue weighted by Gasteiger charge is -2.26. The molecule has 0 heterocycles. The minimum Gasteiger partial charge on any atom is -0.481 e. The number of carbonyl (C=O) groups excluding carboxylic acids is 3. The quantitative estimate of drug-likeness (QED) is 0.0461. The van der Waals surface area contributed by atoms with Crippen LogP contribution in [0.15, 0.2) is 0 Å². The molecule has 0 bridgehead atoms. The summed E-state index contributed by atoms with van der Waals surface area (Å²) in [5.41, 5.74) is 16.5. The molecule has 13 N–H and O–H groups in total. The number of hydrogen-bond donors (Lipinski definition) is 10. The van der Waals surface area contributed by atoms with E-state index in [1.165, 1.54) is 0 Å². The summed E-state index contributed by atoms with van der Waals surface area (Å²) in [6.45, 7) is 4.27. The fourth-order valence-corrected chi connectivity index (χ4v) is 3.48. The van der Waals surface area contributed by atoms with Gasteiger partial charge in [-0.2, -0.15) is 0 Å². The van der Waals surface area contributed by atoms with Crippen molar-refractivity contribution in [2.24, 2.45) is 23.1 Å². The number of carbonyl (C=O) groups is 5. The van der Waals surface area contributed by atoms with Crippen LogP contribution in [0.3, 0.4) is 0 Å². The summed E-state index contributed by atoms with van der Waals surface area (Å²) >= 11 is 0. The minimum absolute atomic E-state index is 0.0349. The van der Waals surface area contributed by atoms with Gasteiger partial charge in [-0.25, -0.2) is 4.79 Å². The molecular weight excluding hydrogens is 500 g/mol. The van der Waals surface area contributed by atoms with Crippen LogP contribution in [0.2, 0.25) is 0 Å². The van der Waals surface area contributed by atoms with Gasteiger partial charge < -0.3 is 48.7 Å². The Bertz CT molecular complexity index is 809. The van der Waals surface area contributed by atoms with Crippen molar-refractivity contribution in [3.63, 3.8) is 0 Å². The van der Waals surface area contributed by atoms with Crippen molar-refractivity contribution in [2.75, 3.05) is 13.1 Å². The van der Waals surface area contributed by atoms with Gasteiger partial charge in [0.15, 0.2) is 5.96 Å². The molecule has 15 nitrogen and oxygen atoms in total. The first-order valence-corrected chi connectivity index (χ1v) is 12.7. The number of unbranched alkanes of at least 4 members (excludes halogenated alkanes) is 1. The second-order valence-corrected chi connectivity index (χ2v) is 9.46. The van der Waals surface area contributed by atoms with Crippen molar-refractivity contribution >= 4 is 35.6 Å². The van der Waals surface area contributed by atoms with Crippen LogP contribution >= 0.6 is 0 Å². The lowest BCUT2D eigenvalue weighted by atomic mass is 10.0. The smallest absolute Gasteiger partial charge is 0.326 e. The molecule has 0 aliphatic rings. The Morgan fingerprint density at radius 1 is 0.816 bits per heavy atom. The van der Waals surface area contributed by atoms with Crippen molar-refractivity contribution in [1.29, 1.82) is 5.41 Å². The molecule has 0 aromatic heterocycles. The molecule has 0 radical (unpaired) electrons. The monoisotopic (exact) mass is 544 g/mol. The van der Waals surface area contributed by atoms with E-state index in [2.05, 4.69) is 21.3 Å². The van der Waals surface area contributed by atoms with Gasteiger partial charge in [0.05, 0.1) is 6.04 Å². The van der Waals surface area contributed by atoms with Crippen LogP contribution in [0.4, 0.5) is 0 Å². The second kappa shape index (κ2) is 18.7. The van der Waals surface area contributed by atoms with Gasteiger partial charge in [0.2, 0.25) is 17.7 Å². The Morgan fingerprint density at radius 2 is 1.37 bits per heavy atom. The van der Waals surface area contributed by atoms with Crippen molar-refractivity contribution in [1.82, 2.24) is 21.3 Å². The van der Waals surface area contributed by atoms with E-state index in [1.807, 2.05) is 13.8 Å². The van der Waals surface area contributed by atoms with Crippen LogP contribution in [0.25, 0.3) is 0 Å². The number of hydrogen-bond acceptors (Lipinski definition) is 8. The fourth-order valence-electron chi connectivity index (χ4n) is 3.48. The third-order valence-corrected chi connectivity index (χ3v) is 5.53. The molecule has 3 amide bonds. The maximum Gasteiger partial charge on any atom is 0.326 e. The molecule has 15 heteroatoms. The average molecular weight is 545 g/mol. The molecule has 218 valence electrons. The van der Waals surface area contributed by atoms with Crippen LogP contribution < -0.4 is 38.5 Å². The third kappa shape index (κ3) is 15.6. The van der Waals surface area contributed by atoms with Gasteiger partial charge in [-0.15, -0.1) is 0 Å². The van der Waals surface area contributed by atoms with E-state index in [1.54, 1.807) is 0 Å². The van der Waals surface area contributed by atoms with E-state index in [4.69, 9.17) is 27.7 Å². The fraction of sp³-hybridized carbons (Fsp3) is 0.739. The van der Waals surface area contributed by atoms with Crippen LogP contribution in [0, 0.1) is 11.3 Å². The van der Waals surface area contributed by atoms with Crippen LogP contribution in [0.1, 0.15) is 65.2 Å². The van der Waals surface area contributed by atoms with Crippen molar-refractivity contribution in [3.05, 3.63) is 0 Å². The van der Waals surface area contributed by atoms with Crippen molar-refractivity contribution < 1.29 is 34.2 Å². The molecule has 0 spiro atoms. The number of guanidine groups is 1. The van der Waals surface area contributed by atoms with E-state index in [0.717, 1.165) is 0 Å². The molecule has 4 atom stereocenters. The number of rotatable bonds is 20. The number of nitrogens with one attached hydrogen (secondary N) is 5. The summed E-state index contributed by atoms with van der Waals surface area (Å²) in [7, 11) is 0. The van der Waals surface area contributed by atoms with Crippen molar-refractivity contribution in [3.8, 4) is 0 Å². The molecule has 0 aliphatic heterocycles. The van der Waals surface area contributed by atoms with Crippen molar-refractivity contribution in [2.45, 2.75) is 89.4 Å². The first kappa shape index (κ1) is 34.5. The van der Waals surface area contributed by atoms with Gasteiger partial charge in [0.25, 0.3) is 0 Å². The second-order valence-electron chi connectivity index (χ2n) is 9.46. The number of carboxylic acid groups (broad SMARTS) is 2. The summed E-state index contributed by atoms with van der Waals surface area (Å²) in [6.07, 6.45) is 1.40. The maximum atomic E-state index is 13.1. The molecule has 38 heavy (non-hydrogen) atoms. The highest BCUT2D eigenvalue weighted by atomic mass is 16.4. The predicted octanol–water partition coefficient (Wildman–Crippen LogP) is -1.84. The number of nitrogens with two attached hydrogens (primary N) is 3. The molecule has 0 fully saturated rings. The zero-order chi connectivity index (χ0) is 29.3. The van der Waals surface area contributed by atoms with E-state index >= 15 is 0 Å². The Hall–Kier alpha value is -3.46. The molecule has 0 aromatic rings. The molecule has 0 rings (SSSR count). The number of aliphatic carboxylic acids is 2. The highest BCUT2D eigenvalue weighted by molar-refractivity contribution is 5.94. The van der Waals surface area contributed by atoms with E-state index in [0.29, 0.717) is 25.8 Å². The maximum absolute atomic E-state index is 13.1. The average Bonchev–Trinajstić information content (AvgIpc) is 2.82. The zero-order valence-corrected chi connectivity index (χ0v) is 22.1. The Kier molecular flexibility index (Phi) is 17.0. The first-order valence-electron chi connectivity index (χ1n) is 12.7. The highest BCUT2D eigenvalue weighted by Crippen LogP contribution is 2.09. The third-order valence-electron chi connectivity index (χ3n) is 5.53. The summed E-state index contributed by atoms with van der Waals surface area (Å²) in [4.78, 5) is 61.1. The summed E-state index contributed by atoms with van der Waals surface area (Å²) in [6, 6.07) is -4.53. The van der Waals surface area contributed by atoms with Gasteiger partial charge in [0.1, 0.15) is 18.1 Å². The normalized spacial score (nSPS) is 14.0. The van der Waals surface area contributed by atoms with Crippen LogP contribution in [-0.4, -0.2) is 83.1 Å². The molecule has 0 saturated heterocycles. The van der Waals surface area contributed by atoms with Gasteiger partial charge in [-0.3, -0.25) is 24.6 Å². The summed E-state index contributed by atoms with van der Waals surface area (Å²) < 4.78 is 0. The van der Waals surface area contributed by atoms with E-state index < -0.39 is 53.8 Å². The minimum atomic E-state index is -1.22. The number of carboxylic acids is 2. The van der Waals surface area contributed by atoms with Crippen LogP contribution in [-0.2, 0) is 24.0 Å². The zero-order valence-electron chi connectivity index (χ0n) is 22.1. The van der Waals surface area contributed by atoms with E-state index in [9.17, 15) is 29.1 Å². The summed E-state index contributed by atoms with van der Waals surface area (Å²) in [5, 5.41) is 35.7. The Morgan fingerprint density at radius 3 is 1.89 bits per heavy atom. The Balaban J connectivity index is 5.57. The molecule has 0 saturated carbocycles. The first-order chi connectivity index (χ1) is 17.8. The largest absolute Gasteiger partial charge is 0.481 e. The predicted molar refractivity (Wildman–Crippen MR) is 140 cm³/mol. The van der Waals surface area contributed by atoms with Gasteiger partial charge in [-0.1, -0.05) is 13.8 Å². The van der Waals surface area contributed by atoms with Crippen LogP contribution in [0.5, 0.6) is 0 Å². The summed E-state index contributed by atoms with van der Waals surface area (Å²) in [5.74, 6) is -4.72. The molecule has 0 unspecified atom stereocenters. The lowest BCUT2D eigenvalue weighted by Crippen LogP contribution is -2.57. The topological polar surface area (TPSA) is 276 Å².